The zero-order chi connectivity index (χ0) is 14.4. The minimum Gasteiger partial charge on any atom is -0.454 e. The highest BCUT2D eigenvalue weighted by Crippen LogP contribution is 2.40. The molecule has 0 atom stereocenters. The zero-order valence-corrected chi connectivity index (χ0v) is 11.3. The molecule has 106 valence electrons. The number of fused-ring (bicyclic) bond motifs is 1. The number of aryl methyl sites for hydroxylation is 1. The van der Waals surface area contributed by atoms with Gasteiger partial charge in [-0.1, -0.05) is 6.07 Å². The van der Waals surface area contributed by atoms with Crippen LogP contribution in [0.4, 0.5) is 5.82 Å². The Morgan fingerprint density at radius 1 is 1.29 bits per heavy atom. The molecule has 0 saturated carbocycles. The molecule has 0 bridgehead atoms. The van der Waals surface area contributed by atoms with Gasteiger partial charge >= 0.3 is 0 Å². The van der Waals surface area contributed by atoms with Gasteiger partial charge < -0.3 is 19.8 Å². The summed E-state index contributed by atoms with van der Waals surface area (Å²) in [5.74, 6) is 2.64. The van der Waals surface area contributed by atoms with E-state index in [0.717, 1.165) is 28.4 Å². The molecule has 1 aromatic carbocycles. The number of aromatic amines is 1. The zero-order valence-electron chi connectivity index (χ0n) is 11.3. The van der Waals surface area contributed by atoms with E-state index in [9.17, 15) is 0 Å². The third-order valence-corrected chi connectivity index (χ3v) is 3.50. The highest BCUT2D eigenvalue weighted by Gasteiger charge is 2.20. The molecule has 3 aromatic rings. The monoisotopic (exact) mass is 283 g/mol. The van der Waals surface area contributed by atoms with E-state index in [0.29, 0.717) is 11.6 Å². The minimum atomic E-state index is 0.242. The van der Waals surface area contributed by atoms with Gasteiger partial charge in [-0.2, -0.15) is 5.10 Å². The Morgan fingerprint density at radius 3 is 2.95 bits per heavy atom. The van der Waals surface area contributed by atoms with E-state index < -0.39 is 0 Å². The van der Waals surface area contributed by atoms with Gasteiger partial charge in [0.05, 0.1) is 5.56 Å². The second-order valence-corrected chi connectivity index (χ2v) is 4.79. The SMILES string of the molecule is Cn1ccnc1-c1[nH]nc(N)c1-c1ccc2c(c1)OCO2. The molecule has 7 nitrogen and oxygen atoms in total. The van der Waals surface area contributed by atoms with Crippen molar-refractivity contribution in [3.8, 4) is 34.1 Å². The molecular weight excluding hydrogens is 270 g/mol. The van der Waals surface area contributed by atoms with E-state index >= 15 is 0 Å². The van der Waals surface area contributed by atoms with Crippen LogP contribution in [0.25, 0.3) is 22.6 Å². The molecule has 4 rings (SSSR count). The number of nitrogens with zero attached hydrogens (tertiary/aromatic N) is 3. The highest BCUT2D eigenvalue weighted by atomic mass is 16.7. The maximum atomic E-state index is 6.02. The number of rotatable bonds is 2. The van der Waals surface area contributed by atoms with Crippen LogP contribution in [0, 0.1) is 0 Å². The summed E-state index contributed by atoms with van der Waals surface area (Å²) in [5, 5.41) is 7.06. The maximum Gasteiger partial charge on any atom is 0.231 e. The number of imidazole rings is 1. The standard InChI is InChI=1S/C14H13N5O2/c1-19-5-4-16-14(19)12-11(13(15)18-17-12)8-2-3-9-10(6-8)21-7-20-9/h2-6H,7H2,1H3,(H3,15,17,18). The van der Waals surface area contributed by atoms with Crippen molar-refractivity contribution in [1.29, 1.82) is 0 Å². The number of nitrogens with two attached hydrogens (primary N) is 1. The summed E-state index contributed by atoms with van der Waals surface area (Å²) in [7, 11) is 1.92. The lowest BCUT2D eigenvalue weighted by atomic mass is 10.0. The fourth-order valence-electron chi connectivity index (χ4n) is 2.47. The highest BCUT2D eigenvalue weighted by molar-refractivity contribution is 5.86. The fraction of sp³-hybridized carbons (Fsp3) is 0.143. The van der Waals surface area contributed by atoms with Crippen LogP contribution in [0.3, 0.4) is 0 Å². The van der Waals surface area contributed by atoms with E-state index in [1.165, 1.54) is 0 Å². The molecule has 1 aliphatic heterocycles. The lowest BCUT2D eigenvalue weighted by Gasteiger charge is -2.06. The molecule has 0 unspecified atom stereocenters. The molecule has 0 fully saturated rings. The van der Waals surface area contributed by atoms with Gasteiger partial charge in [0.1, 0.15) is 5.69 Å². The number of nitrogens with one attached hydrogen (secondary N) is 1. The van der Waals surface area contributed by atoms with Crippen LogP contribution in [0.1, 0.15) is 0 Å². The van der Waals surface area contributed by atoms with Gasteiger partial charge in [0, 0.05) is 19.4 Å². The van der Waals surface area contributed by atoms with E-state index in [1.807, 2.05) is 36.0 Å². The Hall–Kier alpha value is -2.96. The summed E-state index contributed by atoms with van der Waals surface area (Å²) in [5.41, 5.74) is 8.51. The van der Waals surface area contributed by atoms with Crippen molar-refractivity contribution in [2.45, 2.75) is 0 Å². The molecule has 3 heterocycles. The molecule has 0 amide bonds. The van der Waals surface area contributed by atoms with Gasteiger partial charge in [0.15, 0.2) is 23.1 Å². The first-order valence-electron chi connectivity index (χ1n) is 6.45. The molecule has 7 heteroatoms. The van der Waals surface area contributed by atoms with Crippen molar-refractivity contribution < 1.29 is 9.47 Å². The van der Waals surface area contributed by atoms with Crippen LogP contribution in [-0.4, -0.2) is 26.5 Å². The van der Waals surface area contributed by atoms with Crippen LogP contribution in [0.15, 0.2) is 30.6 Å². The molecule has 0 aliphatic carbocycles. The number of anilines is 1. The Kier molecular flexibility index (Phi) is 2.41. The largest absolute Gasteiger partial charge is 0.454 e. The summed E-state index contributed by atoms with van der Waals surface area (Å²) in [6.45, 7) is 0.242. The second kappa shape index (κ2) is 4.27. The predicted molar refractivity (Wildman–Crippen MR) is 76.8 cm³/mol. The molecule has 21 heavy (non-hydrogen) atoms. The molecule has 1 aliphatic rings. The van der Waals surface area contributed by atoms with Crippen molar-refractivity contribution >= 4 is 5.82 Å². The van der Waals surface area contributed by atoms with Crippen molar-refractivity contribution in [3.63, 3.8) is 0 Å². The fourth-order valence-corrected chi connectivity index (χ4v) is 2.47. The van der Waals surface area contributed by atoms with Gasteiger partial charge in [-0.3, -0.25) is 5.10 Å². The third-order valence-electron chi connectivity index (χ3n) is 3.50. The molecule has 3 N–H and O–H groups in total. The summed E-state index contributed by atoms with van der Waals surface area (Å²) >= 11 is 0. The number of ether oxygens (including phenoxy) is 2. The van der Waals surface area contributed by atoms with Crippen LogP contribution in [-0.2, 0) is 7.05 Å². The Morgan fingerprint density at radius 2 is 2.14 bits per heavy atom. The van der Waals surface area contributed by atoms with Gasteiger partial charge in [0.2, 0.25) is 6.79 Å². The first kappa shape index (κ1) is 11.8. The molecule has 2 aromatic heterocycles. The summed E-state index contributed by atoms with van der Waals surface area (Å²) in [6, 6.07) is 5.70. The van der Waals surface area contributed by atoms with Crippen molar-refractivity contribution in [2.75, 3.05) is 12.5 Å². The Balaban J connectivity index is 1.89. The molecule has 0 spiro atoms. The number of H-pyrrole nitrogens is 1. The number of nitrogen functional groups attached to an aromatic ring is 1. The van der Waals surface area contributed by atoms with Crippen LogP contribution >= 0.6 is 0 Å². The Bertz CT molecular complexity index is 821. The molecule has 0 saturated heterocycles. The van der Waals surface area contributed by atoms with Gasteiger partial charge in [-0.15, -0.1) is 0 Å². The van der Waals surface area contributed by atoms with Crippen molar-refractivity contribution in [1.82, 2.24) is 19.7 Å². The van der Waals surface area contributed by atoms with E-state index in [1.54, 1.807) is 6.20 Å². The van der Waals surface area contributed by atoms with Crippen LogP contribution in [0.2, 0.25) is 0 Å². The minimum absolute atomic E-state index is 0.242. The average molecular weight is 283 g/mol. The second-order valence-electron chi connectivity index (χ2n) is 4.79. The number of benzene rings is 1. The van der Waals surface area contributed by atoms with E-state index in [-0.39, 0.29) is 6.79 Å². The van der Waals surface area contributed by atoms with Crippen LogP contribution in [0.5, 0.6) is 11.5 Å². The summed E-state index contributed by atoms with van der Waals surface area (Å²) < 4.78 is 12.7. The normalized spacial score (nSPS) is 12.8. The first-order valence-corrected chi connectivity index (χ1v) is 6.45. The third kappa shape index (κ3) is 1.74. The summed E-state index contributed by atoms with van der Waals surface area (Å²) in [4.78, 5) is 4.34. The van der Waals surface area contributed by atoms with Gasteiger partial charge in [-0.05, 0) is 17.7 Å². The smallest absolute Gasteiger partial charge is 0.231 e. The summed E-state index contributed by atoms with van der Waals surface area (Å²) in [6.07, 6.45) is 3.60. The number of hydrogen-bond acceptors (Lipinski definition) is 5. The quantitative estimate of drug-likeness (QED) is 0.748. The van der Waals surface area contributed by atoms with Crippen LogP contribution < -0.4 is 15.2 Å². The topological polar surface area (TPSA) is 91.0 Å². The molecular formula is C14H13N5O2. The van der Waals surface area contributed by atoms with Crippen molar-refractivity contribution in [2.24, 2.45) is 7.05 Å². The Labute approximate surface area is 120 Å². The predicted octanol–water partition coefficient (Wildman–Crippen LogP) is 1.79. The van der Waals surface area contributed by atoms with E-state index in [4.69, 9.17) is 15.2 Å². The molecule has 0 radical (unpaired) electrons. The first-order chi connectivity index (χ1) is 10.2. The van der Waals surface area contributed by atoms with Gasteiger partial charge in [-0.25, -0.2) is 4.98 Å². The maximum absolute atomic E-state index is 6.02. The number of hydrogen-bond donors (Lipinski definition) is 2. The lowest BCUT2D eigenvalue weighted by Crippen LogP contribution is -1.94. The van der Waals surface area contributed by atoms with Gasteiger partial charge in [0.25, 0.3) is 0 Å². The van der Waals surface area contributed by atoms with E-state index in [2.05, 4.69) is 15.2 Å². The lowest BCUT2D eigenvalue weighted by molar-refractivity contribution is 0.174. The number of aromatic nitrogens is 4. The van der Waals surface area contributed by atoms with Crippen molar-refractivity contribution in [3.05, 3.63) is 30.6 Å². The average Bonchev–Trinajstić information content (AvgIpc) is 3.17.